The second-order valence-corrected chi connectivity index (χ2v) is 3.16. The molecule has 0 radical (unpaired) electrons. The average Bonchev–Trinajstić information content (AvgIpc) is 2.30. The third-order valence-corrected chi connectivity index (χ3v) is 1.98. The maximum Gasteiger partial charge on any atom is 0.213 e. The summed E-state index contributed by atoms with van der Waals surface area (Å²) in [5, 5.41) is 9.72. The fraction of sp³-hybridized carbons (Fsp3) is 0. The molecule has 3 nitrogen and oxygen atoms in total. The lowest BCUT2D eigenvalue weighted by molar-refractivity contribution is 0.512. The van der Waals surface area contributed by atoms with E-state index in [0.29, 0.717) is 11.3 Å². The highest BCUT2D eigenvalue weighted by atomic mass is 19.1. The van der Waals surface area contributed by atoms with E-state index in [1.165, 1.54) is 18.3 Å². The monoisotopic (exact) mass is 216 g/mol. The van der Waals surface area contributed by atoms with Crippen molar-refractivity contribution in [1.29, 1.82) is 0 Å². The van der Waals surface area contributed by atoms with Gasteiger partial charge in [-0.2, -0.15) is 4.39 Å². The molecule has 0 aromatic carbocycles. The zero-order chi connectivity index (χ0) is 11.4. The molecule has 2 heterocycles. The molecule has 0 amide bonds. The van der Waals surface area contributed by atoms with Crippen molar-refractivity contribution in [2.45, 2.75) is 0 Å². The van der Waals surface area contributed by atoms with Crippen molar-refractivity contribution in [3.63, 3.8) is 0 Å². The number of aliphatic hydroxyl groups is 1. The molecule has 0 bridgehead atoms. The molecule has 0 saturated heterocycles. The Labute approximate surface area is 91.9 Å². The number of rotatable bonds is 2. The molecule has 0 fully saturated rings. The summed E-state index contributed by atoms with van der Waals surface area (Å²) in [5.74, 6) is -0.589. The van der Waals surface area contributed by atoms with E-state index < -0.39 is 5.95 Å². The third kappa shape index (κ3) is 2.42. The molecular weight excluding hydrogens is 207 g/mol. The summed E-state index contributed by atoms with van der Waals surface area (Å²) in [6, 6.07) is 8.02. The number of aliphatic hydroxyl groups excluding tert-OH is 1. The largest absolute Gasteiger partial charge is 0.506 e. The Balaban J connectivity index is 2.32. The van der Waals surface area contributed by atoms with Crippen LogP contribution in [-0.2, 0) is 0 Å². The van der Waals surface area contributed by atoms with Gasteiger partial charge >= 0.3 is 0 Å². The highest BCUT2D eigenvalue weighted by Crippen LogP contribution is 2.12. The molecule has 0 saturated carbocycles. The van der Waals surface area contributed by atoms with Gasteiger partial charge in [-0.25, -0.2) is 4.98 Å². The summed E-state index contributed by atoms with van der Waals surface area (Å²) in [6.07, 6.45) is 4.35. The zero-order valence-electron chi connectivity index (χ0n) is 8.34. The third-order valence-electron chi connectivity index (χ3n) is 1.98. The molecule has 0 spiro atoms. The summed E-state index contributed by atoms with van der Waals surface area (Å²) in [4.78, 5) is 7.40. The molecule has 0 atom stereocenters. The number of halogens is 1. The number of hydrogen-bond donors (Lipinski definition) is 1. The lowest BCUT2D eigenvalue weighted by atomic mass is 10.2. The van der Waals surface area contributed by atoms with Crippen LogP contribution in [0.15, 0.2) is 42.7 Å². The SMILES string of the molecule is O/C(=C/c1ccnc(F)c1)c1ccccn1. The van der Waals surface area contributed by atoms with Crippen LogP contribution in [-0.4, -0.2) is 15.1 Å². The van der Waals surface area contributed by atoms with Crippen LogP contribution < -0.4 is 0 Å². The van der Waals surface area contributed by atoms with Crippen LogP contribution in [0, 0.1) is 5.95 Å². The molecule has 2 aromatic heterocycles. The van der Waals surface area contributed by atoms with Gasteiger partial charge in [0.25, 0.3) is 0 Å². The van der Waals surface area contributed by atoms with Crippen molar-refractivity contribution >= 4 is 11.8 Å². The maximum atomic E-state index is 12.8. The van der Waals surface area contributed by atoms with Gasteiger partial charge in [-0.05, 0) is 29.8 Å². The quantitative estimate of drug-likeness (QED) is 0.620. The van der Waals surface area contributed by atoms with Crippen molar-refractivity contribution in [1.82, 2.24) is 9.97 Å². The molecule has 80 valence electrons. The van der Waals surface area contributed by atoms with Gasteiger partial charge in [-0.1, -0.05) is 6.07 Å². The first-order chi connectivity index (χ1) is 7.75. The Morgan fingerprint density at radius 3 is 2.75 bits per heavy atom. The second-order valence-electron chi connectivity index (χ2n) is 3.16. The van der Waals surface area contributed by atoms with Crippen LogP contribution in [0.4, 0.5) is 4.39 Å². The van der Waals surface area contributed by atoms with Crippen molar-refractivity contribution in [2.75, 3.05) is 0 Å². The van der Waals surface area contributed by atoms with Gasteiger partial charge in [-0.15, -0.1) is 0 Å². The van der Waals surface area contributed by atoms with E-state index in [2.05, 4.69) is 9.97 Å². The molecule has 2 aromatic rings. The van der Waals surface area contributed by atoms with Crippen LogP contribution >= 0.6 is 0 Å². The van der Waals surface area contributed by atoms with E-state index in [1.807, 2.05) is 0 Å². The van der Waals surface area contributed by atoms with Gasteiger partial charge in [-0.3, -0.25) is 4.98 Å². The molecular formula is C12H9FN2O. The Kier molecular flexibility index (Phi) is 2.91. The molecule has 4 heteroatoms. The molecule has 16 heavy (non-hydrogen) atoms. The Bertz CT molecular complexity index is 511. The Morgan fingerprint density at radius 1 is 1.19 bits per heavy atom. The number of nitrogens with zero attached hydrogens (tertiary/aromatic N) is 2. The van der Waals surface area contributed by atoms with Gasteiger partial charge in [0.15, 0.2) is 0 Å². The lowest BCUT2D eigenvalue weighted by Gasteiger charge is -1.99. The maximum absolute atomic E-state index is 12.8. The summed E-state index contributed by atoms with van der Waals surface area (Å²) in [6.45, 7) is 0. The predicted molar refractivity (Wildman–Crippen MR) is 58.9 cm³/mol. The van der Waals surface area contributed by atoms with Crippen LogP contribution in [0.2, 0.25) is 0 Å². The van der Waals surface area contributed by atoms with E-state index in [1.54, 1.807) is 30.5 Å². The van der Waals surface area contributed by atoms with Gasteiger partial charge in [0.1, 0.15) is 11.5 Å². The van der Waals surface area contributed by atoms with Crippen molar-refractivity contribution in [2.24, 2.45) is 0 Å². The molecule has 0 unspecified atom stereocenters. The summed E-state index contributed by atoms with van der Waals surface area (Å²) in [7, 11) is 0. The smallest absolute Gasteiger partial charge is 0.213 e. The molecule has 1 N–H and O–H groups in total. The topological polar surface area (TPSA) is 46.0 Å². The fourth-order valence-corrected chi connectivity index (χ4v) is 1.25. The minimum Gasteiger partial charge on any atom is -0.506 e. The summed E-state index contributed by atoms with van der Waals surface area (Å²) in [5.41, 5.74) is 0.982. The Morgan fingerprint density at radius 2 is 2.06 bits per heavy atom. The lowest BCUT2D eigenvalue weighted by Crippen LogP contribution is -1.88. The number of pyridine rings is 2. The first kappa shape index (κ1) is 10.3. The number of hydrogen-bond acceptors (Lipinski definition) is 3. The zero-order valence-corrected chi connectivity index (χ0v) is 8.34. The molecule has 2 rings (SSSR count). The average molecular weight is 216 g/mol. The fourth-order valence-electron chi connectivity index (χ4n) is 1.25. The number of aromatic nitrogens is 2. The predicted octanol–water partition coefficient (Wildman–Crippen LogP) is 2.67. The van der Waals surface area contributed by atoms with E-state index in [-0.39, 0.29) is 5.76 Å². The standard InChI is InChI=1S/C12H9FN2O/c13-12-8-9(4-6-15-12)7-11(16)10-3-1-2-5-14-10/h1-8,16H/b11-7+. The van der Waals surface area contributed by atoms with Gasteiger partial charge in [0, 0.05) is 18.5 Å². The first-order valence-corrected chi connectivity index (χ1v) is 4.69. The molecule has 0 aliphatic heterocycles. The minimum atomic E-state index is -0.581. The van der Waals surface area contributed by atoms with Gasteiger partial charge in [0.05, 0.1) is 0 Å². The summed E-state index contributed by atoms with van der Waals surface area (Å²) >= 11 is 0. The highest BCUT2D eigenvalue weighted by molar-refractivity contribution is 5.74. The van der Waals surface area contributed by atoms with Gasteiger partial charge < -0.3 is 5.11 Å². The molecule has 0 aliphatic carbocycles. The minimum absolute atomic E-state index is 0.00815. The van der Waals surface area contributed by atoms with Crippen LogP contribution in [0.1, 0.15) is 11.3 Å². The van der Waals surface area contributed by atoms with Crippen molar-refractivity contribution in [3.8, 4) is 0 Å². The van der Waals surface area contributed by atoms with E-state index in [9.17, 15) is 9.50 Å². The van der Waals surface area contributed by atoms with Crippen molar-refractivity contribution < 1.29 is 9.50 Å². The normalized spacial score (nSPS) is 11.4. The molecule has 0 aliphatic rings. The van der Waals surface area contributed by atoms with E-state index >= 15 is 0 Å². The highest BCUT2D eigenvalue weighted by Gasteiger charge is 2.00. The van der Waals surface area contributed by atoms with Gasteiger partial charge in [0.2, 0.25) is 5.95 Å². The van der Waals surface area contributed by atoms with E-state index in [4.69, 9.17) is 0 Å². The van der Waals surface area contributed by atoms with E-state index in [0.717, 1.165) is 0 Å². The first-order valence-electron chi connectivity index (χ1n) is 4.69. The van der Waals surface area contributed by atoms with Crippen LogP contribution in [0.5, 0.6) is 0 Å². The van der Waals surface area contributed by atoms with Crippen LogP contribution in [0.3, 0.4) is 0 Å². The Hall–Kier alpha value is -2.23. The second kappa shape index (κ2) is 4.53. The van der Waals surface area contributed by atoms with Crippen LogP contribution in [0.25, 0.3) is 11.8 Å². The van der Waals surface area contributed by atoms with Crippen molar-refractivity contribution in [3.05, 3.63) is 59.9 Å². The summed E-state index contributed by atoms with van der Waals surface area (Å²) < 4.78 is 12.8.